The van der Waals surface area contributed by atoms with E-state index < -0.39 is 23.8 Å². The molecule has 2 bridgehead atoms. The number of rotatable bonds is 2. The number of fused-ring (bicyclic) bond motifs is 1. The number of carboxylic acids is 2. The van der Waals surface area contributed by atoms with Crippen molar-refractivity contribution in [3.63, 3.8) is 0 Å². The van der Waals surface area contributed by atoms with Gasteiger partial charge in [0.15, 0.2) is 0 Å². The summed E-state index contributed by atoms with van der Waals surface area (Å²) in [4.78, 5) is 22.3. The van der Waals surface area contributed by atoms with Gasteiger partial charge in [0.1, 0.15) is 0 Å². The molecule has 0 unspecified atom stereocenters. The normalized spacial score (nSPS) is 49.9. The maximum atomic E-state index is 11.1. The minimum Gasteiger partial charge on any atom is -0.481 e. The van der Waals surface area contributed by atoms with Crippen LogP contribution in [-0.2, 0) is 9.59 Å². The van der Waals surface area contributed by atoms with Crippen molar-refractivity contribution in [2.75, 3.05) is 0 Å². The molecule has 4 heteroatoms. The highest BCUT2D eigenvalue weighted by molar-refractivity contribution is 5.82. The fourth-order valence-corrected chi connectivity index (χ4v) is 3.55. The molecule has 0 aromatic heterocycles. The Morgan fingerprint density at radius 1 is 0.933 bits per heavy atom. The molecule has 0 amide bonds. The third kappa shape index (κ3) is 1.02. The van der Waals surface area contributed by atoms with E-state index in [4.69, 9.17) is 10.2 Å². The molecular formula is C11H12O4. The molecule has 0 saturated heterocycles. The first-order valence-electron chi connectivity index (χ1n) is 5.25. The predicted molar refractivity (Wildman–Crippen MR) is 50.0 cm³/mol. The third-order valence-electron chi connectivity index (χ3n) is 4.22. The van der Waals surface area contributed by atoms with Gasteiger partial charge in [-0.2, -0.15) is 0 Å². The summed E-state index contributed by atoms with van der Waals surface area (Å²) in [6.07, 6.45) is 4.87. The molecule has 2 saturated carbocycles. The van der Waals surface area contributed by atoms with Crippen LogP contribution in [0.3, 0.4) is 0 Å². The van der Waals surface area contributed by atoms with E-state index >= 15 is 0 Å². The zero-order valence-electron chi connectivity index (χ0n) is 8.04. The van der Waals surface area contributed by atoms with Crippen molar-refractivity contribution in [3.05, 3.63) is 12.2 Å². The fourth-order valence-electron chi connectivity index (χ4n) is 3.55. The summed E-state index contributed by atoms with van der Waals surface area (Å²) in [7, 11) is 0. The number of aliphatic carboxylic acids is 2. The summed E-state index contributed by atoms with van der Waals surface area (Å²) < 4.78 is 0. The van der Waals surface area contributed by atoms with Crippen LogP contribution < -0.4 is 0 Å². The van der Waals surface area contributed by atoms with E-state index in [0.717, 1.165) is 6.42 Å². The average molecular weight is 208 g/mol. The van der Waals surface area contributed by atoms with Crippen molar-refractivity contribution >= 4 is 11.9 Å². The van der Waals surface area contributed by atoms with Gasteiger partial charge < -0.3 is 10.2 Å². The van der Waals surface area contributed by atoms with Crippen LogP contribution in [0.5, 0.6) is 0 Å². The molecule has 15 heavy (non-hydrogen) atoms. The molecule has 4 rings (SSSR count). The highest BCUT2D eigenvalue weighted by Crippen LogP contribution is 2.63. The SMILES string of the molecule is O=C(O)[C@@H]1[C@H]2C=C[C@@H]([C@H]3C[C@@H]23)[C@@H]1C(=O)O. The number of allylic oxidation sites excluding steroid dienone is 2. The summed E-state index contributed by atoms with van der Waals surface area (Å²) in [6, 6.07) is 0. The van der Waals surface area contributed by atoms with Crippen molar-refractivity contribution in [1.82, 2.24) is 0 Å². The van der Waals surface area contributed by atoms with Gasteiger partial charge in [-0.3, -0.25) is 9.59 Å². The first-order valence-corrected chi connectivity index (χ1v) is 5.25. The highest BCUT2D eigenvalue weighted by atomic mass is 16.4. The maximum absolute atomic E-state index is 11.1. The third-order valence-corrected chi connectivity index (χ3v) is 4.22. The Kier molecular flexibility index (Phi) is 1.56. The molecular weight excluding hydrogens is 196 g/mol. The minimum atomic E-state index is -0.952. The van der Waals surface area contributed by atoms with E-state index in [9.17, 15) is 9.59 Å². The van der Waals surface area contributed by atoms with Crippen LogP contribution in [0.2, 0.25) is 0 Å². The molecule has 4 aliphatic rings. The van der Waals surface area contributed by atoms with Gasteiger partial charge in [0.05, 0.1) is 11.8 Å². The summed E-state index contributed by atoms with van der Waals surface area (Å²) in [6.45, 7) is 0. The van der Waals surface area contributed by atoms with Crippen LogP contribution >= 0.6 is 0 Å². The van der Waals surface area contributed by atoms with Crippen molar-refractivity contribution < 1.29 is 19.8 Å². The lowest BCUT2D eigenvalue weighted by Crippen LogP contribution is -2.46. The van der Waals surface area contributed by atoms with Gasteiger partial charge in [-0.05, 0) is 30.1 Å². The maximum Gasteiger partial charge on any atom is 0.308 e. The smallest absolute Gasteiger partial charge is 0.308 e. The lowest BCUT2D eigenvalue weighted by atomic mass is 9.62. The fraction of sp³-hybridized carbons (Fsp3) is 0.636. The van der Waals surface area contributed by atoms with Crippen LogP contribution in [0.25, 0.3) is 0 Å². The predicted octanol–water partition coefficient (Wildman–Crippen LogP) is 0.840. The van der Waals surface area contributed by atoms with Crippen molar-refractivity contribution in [2.24, 2.45) is 35.5 Å². The Hall–Kier alpha value is -1.32. The van der Waals surface area contributed by atoms with Gasteiger partial charge in [-0.1, -0.05) is 12.2 Å². The monoisotopic (exact) mass is 208 g/mol. The number of carboxylic acid groups (broad SMARTS) is 2. The van der Waals surface area contributed by atoms with Gasteiger partial charge >= 0.3 is 11.9 Å². The average Bonchev–Trinajstić information content (AvgIpc) is 2.96. The van der Waals surface area contributed by atoms with Gasteiger partial charge in [0.2, 0.25) is 0 Å². The topological polar surface area (TPSA) is 74.6 Å². The van der Waals surface area contributed by atoms with Crippen molar-refractivity contribution in [1.29, 1.82) is 0 Å². The second-order valence-corrected chi connectivity index (χ2v) is 4.83. The number of hydrogen-bond acceptors (Lipinski definition) is 2. The van der Waals surface area contributed by atoms with Crippen LogP contribution in [0.15, 0.2) is 12.2 Å². The van der Waals surface area contributed by atoms with E-state index in [1.54, 1.807) is 0 Å². The van der Waals surface area contributed by atoms with Crippen LogP contribution in [0.4, 0.5) is 0 Å². The summed E-state index contributed by atoms with van der Waals surface area (Å²) in [5, 5.41) is 18.2. The molecule has 4 nitrogen and oxygen atoms in total. The zero-order valence-corrected chi connectivity index (χ0v) is 8.04. The van der Waals surface area contributed by atoms with E-state index in [1.165, 1.54) is 0 Å². The van der Waals surface area contributed by atoms with Gasteiger partial charge in [-0.25, -0.2) is 0 Å². The minimum absolute atomic E-state index is 0.0430. The van der Waals surface area contributed by atoms with Crippen molar-refractivity contribution in [3.8, 4) is 0 Å². The van der Waals surface area contributed by atoms with Gasteiger partial charge in [0, 0.05) is 0 Å². The Balaban J connectivity index is 2.02. The molecule has 2 fully saturated rings. The number of hydrogen-bond donors (Lipinski definition) is 2. The Bertz CT molecular complexity index is 339. The standard InChI is InChI=1S/C11H12O4/c12-10(13)8-4-1-2-5(7-3-6(4)7)9(8)11(14)15/h1-2,4-9H,3H2,(H,12,13)(H,14,15)/t4-,5-,6-,7+,8+,9-/m0/s1. The molecule has 0 radical (unpaired) electrons. The van der Waals surface area contributed by atoms with E-state index in [2.05, 4.69) is 0 Å². The van der Waals surface area contributed by atoms with E-state index in [-0.39, 0.29) is 11.8 Å². The lowest BCUT2D eigenvalue weighted by molar-refractivity contribution is -0.160. The highest BCUT2D eigenvalue weighted by Gasteiger charge is 2.63. The number of carbonyl (C=O) groups is 2. The second-order valence-electron chi connectivity index (χ2n) is 4.83. The first kappa shape index (κ1) is 8.95. The van der Waals surface area contributed by atoms with Gasteiger partial charge in [-0.15, -0.1) is 0 Å². The molecule has 4 aliphatic carbocycles. The molecule has 0 aliphatic heterocycles. The molecule has 0 aromatic carbocycles. The quantitative estimate of drug-likeness (QED) is 0.659. The van der Waals surface area contributed by atoms with Crippen molar-refractivity contribution in [2.45, 2.75) is 6.42 Å². The lowest BCUT2D eigenvalue weighted by Gasteiger charge is -2.40. The summed E-state index contributed by atoms with van der Waals surface area (Å²) >= 11 is 0. The van der Waals surface area contributed by atoms with E-state index in [0.29, 0.717) is 11.8 Å². The Morgan fingerprint density at radius 3 is 1.67 bits per heavy atom. The summed E-state index contributed by atoms with van der Waals surface area (Å²) in [5.41, 5.74) is 0. The van der Waals surface area contributed by atoms with Crippen LogP contribution in [0, 0.1) is 35.5 Å². The van der Waals surface area contributed by atoms with Gasteiger partial charge in [0.25, 0.3) is 0 Å². The first-order chi connectivity index (χ1) is 7.11. The molecule has 0 aromatic rings. The van der Waals surface area contributed by atoms with Crippen LogP contribution in [0.1, 0.15) is 6.42 Å². The molecule has 6 atom stereocenters. The Labute approximate surface area is 86.6 Å². The molecule has 80 valence electrons. The zero-order chi connectivity index (χ0) is 10.7. The second kappa shape index (κ2) is 2.62. The summed E-state index contributed by atoms with van der Waals surface area (Å²) in [5.74, 6) is -2.52. The Morgan fingerprint density at radius 2 is 1.33 bits per heavy atom. The largest absolute Gasteiger partial charge is 0.481 e. The molecule has 2 N–H and O–H groups in total. The van der Waals surface area contributed by atoms with E-state index in [1.807, 2.05) is 12.2 Å². The van der Waals surface area contributed by atoms with Crippen LogP contribution in [-0.4, -0.2) is 22.2 Å². The molecule has 0 spiro atoms. The molecule has 0 heterocycles.